The van der Waals surface area contributed by atoms with Crippen molar-refractivity contribution in [2.45, 2.75) is 41.9 Å². The Kier molecular flexibility index (Phi) is 4.76. The van der Waals surface area contributed by atoms with E-state index in [0.717, 1.165) is 21.5 Å². The molecule has 1 aliphatic heterocycles. The number of hydrogen-bond donors (Lipinski definition) is 4. The molecule has 0 spiro atoms. The van der Waals surface area contributed by atoms with Crippen LogP contribution in [0.5, 0.6) is 0 Å². The highest BCUT2D eigenvalue weighted by Crippen LogP contribution is 2.44. The van der Waals surface area contributed by atoms with E-state index in [0.29, 0.717) is 18.8 Å². The van der Waals surface area contributed by atoms with Crippen molar-refractivity contribution in [2.75, 3.05) is 11.5 Å². The van der Waals surface area contributed by atoms with Crippen molar-refractivity contribution in [1.29, 1.82) is 0 Å². The predicted molar refractivity (Wildman–Crippen MR) is 117 cm³/mol. The van der Waals surface area contributed by atoms with Gasteiger partial charge in [0.05, 0.1) is 0 Å². The zero-order chi connectivity index (χ0) is 20.2. The summed E-state index contributed by atoms with van der Waals surface area (Å²) in [5.74, 6) is 1.10. The molecule has 3 aromatic heterocycles. The maximum absolute atomic E-state index is 12.8. The van der Waals surface area contributed by atoms with Gasteiger partial charge in [0.25, 0.3) is 0 Å². The van der Waals surface area contributed by atoms with E-state index in [1.807, 2.05) is 12.1 Å². The molecule has 0 atom stereocenters. The highest BCUT2D eigenvalue weighted by molar-refractivity contribution is 8.24. The van der Waals surface area contributed by atoms with Crippen molar-refractivity contribution in [1.82, 2.24) is 14.7 Å². The molecule has 7 nitrogen and oxygen atoms in total. The average molecular weight is 454 g/mol. The van der Waals surface area contributed by atoms with E-state index in [9.17, 15) is 17.5 Å². The third-order valence-corrected chi connectivity index (χ3v) is 10.5. The summed E-state index contributed by atoms with van der Waals surface area (Å²) in [6, 6.07) is 7.29. The molecule has 0 bridgehead atoms. The van der Waals surface area contributed by atoms with Gasteiger partial charge in [-0.15, -0.1) is 11.3 Å². The second-order valence-electron chi connectivity index (χ2n) is 7.84. The molecule has 4 heterocycles. The third-order valence-electron chi connectivity index (χ3n) is 5.59. The van der Waals surface area contributed by atoms with E-state index in [4.69, 9.17) is 0 Å². The lowest BCUT2D eigenvalue weighted by Crippen LogP contribution is -2.39. The molecule has 156 valence electrons. The summed E-state index contributed by atoms with van der Waals surface area (Å²) in [6.45, 7) is 0. The molecular weight excluding hydrogens is 430 g/mol. The Bertz CT molecular complexity index is 1150. The van der Waals surface area contributed by atoms with Crippen LogP contribution in [-0.2, 0) is 10.0 Å². The van der Waals surface area contributed by atoms with Crippen LogP contribution in [0.15, 0.2) is 34.7 Å². The van der Waals surface area contributed by atoms with E-state index in [1.54, 1.807) is 12.3 Å². The number of nitrogens with one attached hydrogen (secondary N) is 2. The highest BCUT2D eigenvalue weighted by atomic mass is 32.3. The van der Waals surface area contributed by atoms with Crippen LogP contribution in [0.2, 0.25) is 0 Å². The SMILES string of the molecule is O=S(=O)(NC1CCS(O)(O)CC1)c1ccc(-c2ccnc3[nH]c(C4CC4)cc23)s1. The number of aromatic nitrogens is 2. The summed E-state index contributed by atoms with van der Waals surface area (Å²) in [4.78, 5) is 8.70. The normalized spacial score (nSPS) is 21.4. The Morgan fingerprint density at radius 1 is 1.14 bits per heavy atom. The van der Waals surface area contributed by atoms with Gasteiger partial charge in [-0.25, -0.2) is 18.1 Å². The largest absolute Gasteiger partial charge is 0.343 e. The molecule has 5 rings (SSSR count). The van der Waals surface area contributed by atoms with Crippen molar-refractivity contribution in [3.63, 3.8) is 0 Å². The minimum Gasteiger partial charge on any atom is -0.343 e. The van der Waals surface area contributed by atoms with Gasteiger partial charge in [-0.05, 0) is 55.9 Å². The molecule has 0 aromatic carbocycles. The number of fused-ring (bicyclic) bond motifs is 1. The first-order valence-corrected chi connectivity index (χ1v) is 13.8. The summed E-state index contributed by atoms with van der Waals surface area (Å²) in [7, 11) is -6.17. The van der Waals surface area contributed by atoms with Crippen LogP contribution < -0.4 is 4.72 Å². The fraction of sp³-hybridized carbons (Fsp3) is 0.421. The first kappa shape index (κ1) is 19.5. The van der Waals surface area contributed by atoms with E-state index >= 15 is 0 Å². The Morgan fingerprint density at radius 3 is 2.62 bits per heavy atom. The van der Waals surface area contributed by atoms with E-state index in [1.165, 1.54) is 29.9 Å². The Labute approximate surface area is 175 Å². The Morgan fingerprint density at radius 2 is 1.90 bits per heavy atom. The van der Waals surface area contributed by atoms with E-state index in [2.05, 4.69) is 20.8 Å². The maximum Gasteiger partial charge on any atom is 0.250 e. The highest BCUT2D eigenvalue weighted by Gasteiger charge is 2.29. The van der Waals surface area contributed by atoms with Gasteiger partial charge in [-0.1, -0.05) is 0 Å². The number of rotatable bonds is 5. The molecule has 2 fully saturated rings. The third kappa shape index (κ3) is 3.97. The van der Waals surface area contributed by atoms with E-state index in [-0.39, 0.29) is 21.8 Å². The minimum atomic E-state index is -3.64. The fourth-order valence-electron chi connectivity index (χ4n) is 3.79. The van der Waals surface area contributed by atoms with Crippen LogP contribution in [0.4, 0.5) is 0 Å². The number of thiophene rings is 1. The Balaban J connectivity index is 1.40. The second-order valence-corrected chi connectivity index (χ2v) is 13.3. The van der Waals surface area contributed by atoms with Crippen molar-refractivity contribution < 1.29 is 17.5 Å². The maximum atomic E-state index is 12.8. The zero-order valence-corrected chi connectivity index (χ0v) is 18.1. The monoisotopic (exact) mass is 453 g/mol. The van der Waals surface area contributed by atoms with Crippen molar-refractivity contribution in [2.24, 2.45) is 0 Å². The molecule has 2 aliphatic rings. The number of aromatic amines is 1. The molecule has 1 aliphatic carbocycles. The van der Waals surface area contributed by atoms with Gasteiger partial charge in [0.2, 0.25) is 10.0 Å². The number of H-pyrrole nitrogens is 1. The summed E-state index contributed by atoms with van der Waals surface area (Å²) in [5, 5.41) is 1.02. The quantitative estimate of drug-likeness (QED) is 0.458. The predicted octanol–water partition coefficient (Wildman–Crippen LogP) is 4.36. The first-order chi connectivity index (χ1) is 13.8. The van der Waals surface area contributed by atoms with Crippen molar-refractivity contribution >= 4 is 43.0 Å². The summed E-state index contributed by atoms with van der Waals surface area (Å²) in [5.41, 5.74) is 3.02. The average Bonchev–Trinajstić information content (AvgIpc) is 3.23. The first-order valence-electron chi connectivity index (χ1n) is 9.64. The number of sulfonamides is 1. The van der Waals surface area contributed by atoms with Crippen LogP contribution in [-0.4, -0.2) is 45.0 Å². The smallest absolute Gasteiger partial charge is 0.250 e. The van der Waals surface area contributed by atoms with Crippen LogP contribution >= 0.6 is 21.9 Å². The zero-order valence-electron chi connectivity index (χ0n) is 15.7. The van der Waals surface area contributed by atoms with Crippen molar-refractivity contribution in [3.05, 3.63) is 36.2 Å². The van der Waals surface area contributed by atoms with Gasteiger partial charge in [-0.2, -0.15) is 10.6 Å². The number of hydrogen-bond acceptors (Lipinski definition) is 6. The summed E-state index contributed by atoms with van der Waals surface area (Å²) in [6.07, 6.45) is 5.03. The van der Waals surface area contributed by atoms with Gasteiger partial charge in [-0.3, -0.25) is 9.11 Å². The summed E-state index contributed by atoms with van der Waals surface area (Å²) < 4.78 is 48.1. The topological polar surface area (TPSA) is 115 Å². The van der Waals surface area contributed by atoms with Crippen LogP contribution in [0.1, 0.15) is 37.3 Å². The number of pyridine rings is 1. The van der Waals surface area contributed by atoms with Gasteiger partial charge in [0.1, 0.15) is 9.86 Å². The number of nitrogens with zero attached hydrogens (tertiary/aromatic N) is 1. The molecule has 10 heteroatoms. The molecule has 3 aromatic rings. The van der Waals surface area contributed by atoms with Crippen LogP contribution in [0.25, 0.3) is 21.5 Å². The lowest BCUT2D eigenvalue weighted by atomic mass is 10.1. The standard InChI is InChI=1S/C19H23N3O4S3/c23-28(24)9-6-13(7-10-28)22-29(25,26)18-4-3-17(27-18)14-5-8-20-19-15(14)11-16(21-19)12-1-2-12/h3-5,8,11-13,22-24H,1-2,6-7,9-10H2,(H,20,21). The molecule has 4 N–H and O–H groups in total. The van der Waals surface area contributed by atoms with Gasteiger partial charge < -0.3 is 4.98 Å². The van der Waals surface area contributed by atoms with Gasteiger partial charge in [0.15, 0.2) is 0 Å². The van der Waals surface area contributed by atoms with Gasteiger partial charge in [0, 0.05) is 45.3 Å². The minimum absolute atomic E-state index is 0.252. The van der Waals surface area contributed by atoms with Crippen LogP contribution in [0.3, 0.4) is 0 Å². The second kappa shape index (κ2) is 7.07. The van der Waals surface area contributed by atoms with Crippen molar-refractivity contribution in [3.8, 4) is 10.4 Å². The lowest BCUT2D eigenvalue weighted by molar-refractivity contribution is 0.444. The molecule has 1 saturated carbocycles. The van der Waals surface area contributed by atoms with Crippen LogP contribution in [0, 0.1) is 0 Å². The Hall–Kier alpha value is -1.43. The molecule has 0 amide bonds. The molecule has 0 radical (unpaired) electrons. The molecule has 29 heavy (non-hydrogen) atoms. The molecule has 1 saturated heterocycles. The molecular formula is C19H23N3O4S3. The van der Waals surface area contributed by atoms with Gasteiger partial charge >= 0.3 is 0 Å². The summed E-state index contributed by atoms with van der Waals surface area (Å²) >= 11 is 1.24. The van der Waals surface area contributed by atoms with E-state index < -0.39 is 20.6 Å². The fourth-order valence-corrected chi connectivity index (χ4v) is 7.98. The lowest BCUT2D eigenvalue weighted by Gasteiger charge is -2.39. The molecule has 0 unspecified atom stereocenters.